The van der Waals surface area contributed by atoms with Crippen LogP contribution >= 0.6 is 0 Å². The summed E-state index contributed by atoms with van der Waals surface area (Å²) in [5.41, 5.74) is 7.89. The number of aromatic nitrogens is 2. The van der Waals surface area contributed by atoms with Gasteiger partial charge in [-0.05, 0) is 6.42 Å². The van der Waals surface area contributed by atoms with Gasteiger partial charge in [0.1, 0.15) is 11.9 Å². The Hall–Kier alpha value is -1.20. The van der Waals surface area contributed by atoms with E-state index in [4.69, 9.17) is 15.2 Å². The zero-order chi connectivity index (χ0) is 12.3. The first-order chi connectivity index (χ1) is 8.26. The van der Waals surface area contributed by atoms with Crippen LogP contribution in [0.5, 0.6) is 0 Å². The van der Waals surface area contributed by atoms with E-state index >= 15 is 0 Å². The van der Waals surface area contributed by atoms with Crippen LogP contribution in [0.2, 0.25) is 0 Å². The van der Waals surface area contributed by atoms with Crippen molar-refractivity contribution < 1.29 is 9.47 Å². The molecule has 0 aliphatic carbocycles. The summed E-state index contributed by atoms with van der Waals surface area (Å²) in [4.78, 5) is 8.91. The number of hydrogen-bond acceptors (Lipinski definition) is 5. The first kappa shape index (κ1) is 12.3. The average Bonchev–Trinajstić information content (AvgIpc) is 2.36. The smallest absolute Gasteiger partial charge is 0.159 e. The van der Waals surface area contributed by atoms with Gasteiger partial charge in [0, 0.05) is 19.1 Å². The van der Waals surface area contributed by atoms with E-state index in [-0.39, 0.29) is 6.10 Å². The number of nitrogens with zero attached hydrogens (tertiary/aromatic N) is 2. The molecule has 5 heteroatoms. The van der Waals surface area contributed by atoms with Crippen LogP contribution in [-0.4, -0.2) is 23.7 Å². The highest BCUT2D eigenvalue weighted by molar-refractivity contribution is 5.43. The molecule has 1 atom stereocenters. The van der Waals surface area contributed by atoms with E-state index in [2.05, 4.69) is 16.9 Å². The van der Waals surface area contributed by atoms with Crippen molar-refractivity contribution in [2.45, 2.75) is 38.9 Å². The van der Waals surface area contributed by atoms with E-state index in [1.807, 2.05) is 0 Å². The van der Waals surface area contributed by atoms with Crippen molar-refractivity contribution in [3.05, 3.63) is 17.1 Å². The summed E-state index contributed by atoms with van der Waals surface area (Å²) in [5.74, 6) is 1.23. The third-order valence-electron chi connectivity index (χ3n) is 3.00. The third-order valence-corrected chi connectivity index (χ3v) is 3.00. The standard InChI is InChI=1S/C12H19N3O2/c1-3-4-10(16-2)12-14-9-5-6-17-7-8(9)11(13)15-12/h10H,3-7H2,1-2H3,(H2,13,14,15). The second-order valence-corrected chi connectivity index (χ2v) is 4.21. The molecule has 0 saturated heterocycles. The quantitative estimate of drug-likeness (QED) is 0.861. The van der Waals surface area contributed by atoms with Gasteiger partial charge in [-0.2, -0.15) is 0 Å². The van der Waals surface area contributed by atoms with Crippen LogP contribution in [0, 0.1) is 0 Å². The van der Waals surface area contributed by atoms with Crippen LogP contribution in [0.15, 0.2) is 0 Å². The number of anilines is 1. The summed E-state index contributed by atoms with van der Waals surface area (Å²) in [6.45, 7) is 3.34. The van der Waals surface area contributed by atoms with E-state index in [1.165, 1.54) is 0 Å². The highest BCUT2D eigenvalue weighted by Crippen LogP contribution is 2.25. The molecule has 1 aromatic heterocycles. The second kappa shape index (κ2) is 5.42. The summed E-state index contributed by atoms with van der Waals surface area (Å²) in [6, 6.07) is 0. The predicted octanol–water partition coefficient (Wildman–Crippen LogP) is 1.62. The molecule has 1 aromatic rings. The molecular formula is C12H19N3O2. The number of rotatable bonds is 4. The van der Waals surface area contributed by atoms with E-state index in [0.29, 0.717) is 24.9 Å². The van der Waals surface area contributed by atoms with Crippen LogP contribution in [0.1, 0.15) is 43.0 Å². The fourth-order valence-electron chi connectivity index (χ4n) is 2.04. The van der Waals surface area contributed by atoms with Gasteiger partial charge in [0.05, 0.1) is 18.9 Å². The number of methoxy groups -OCH3 is 1. The molecule has 1 unspecified atom stereocenters. The maximum absolute atomic E-state index is 5.94. The third kappa shape index (κ3) is 2.56. The number of nitrogens with two attached hydrogens (primary N) is 1. The minimum atomic E-state index is -0.0598. The lowest BCUT2D eigenvalue weighted by Crippen LogP contribution is -2.19. The number of hydrogen-bond donors (Lipinski definition) is 1. The Bertz CT molecular complexity index is 396. The van der Waals surface area contributed by atoms with E-state index in [9.17, 15) is 0 Å². The van der Waals surface area contributed by atoms with E-state index < -0.39 is 0 Å². The Morgan fingerprint density at radius 3 is 3.00 bits per heavy atom. The van der Waals surface area contributed by atoms with Gasteiger partial charge in [0.15, 0.2) is 5.82 Å². The van der Waals surface area contributed by atoms with Gasteiger partial charge in [0.25, 0.3) is 0 Å². The molecule has 94 valence electrons. The maximum atomic E-state index is 5.94. The SMILES string of the molecule is CCCC(OC)c1nc(N)c2c(n1)CCOC2. The van der Waals surface area contributed by atoms with Gasteiger partial charge < -0.3 is 15.2 Å². The minimum Gasteiger partial charge on any atom is -0.383 e. The molecule has 2 rings (SSSR count). The Kier molecular flexibility index (Phi) is 3.91. The molecule has 0 fully saturated rings. The molecule has 1 aliphatic heterocycles. The van der Waals surface area contributed by atoms with Crippen molar-refractivity contribution in [1.82, 2.24) is 9.97 Å². The fraction of sp³-hybridized carbons (Fsp3) is 0.667. The van der Waals surface area contributed by atoms with Gasteiger partial charge in [-0.3, -0.25) is 0 Å². The molecule has 1 aliphatic rings. The highest BCUT2D eigenvalue weighted by atomic mass is 16.5. The van der Waals surface area contributed by atoms with E-state index in [1.54, 1.807) is 7.11 Å². The van der Waals surface area contributed by atoms with Crippen LogP contribution in [0.25, 0.3) is 0 Å². The Morgan fingerprint density at radius 1 is 1.47 bits per heavy atom. The van der Waals surface area contributed by atoms with Crippen molar-refractivity contribution in [1.29, 1.82) is 0 Å². The predicted molar refractivity (Wildman–Crippen MR) is 64.5 cm³/mol. The zero-order valence-corrected chi connectivity index (χ0v) is 10.4. The fourth-order valence-corrected chi connectivity index (χ4v) is 2.04. The zero-order valence-electron chi connectivity index (χ0n) is 10.4. The second-order valence-electron chi connectivity index (χ2n) is 4.21. The number of fused-ring (bicyclic) bond motifs is 1. The number of ether oxygens (including phenoxy) is 2. The highest BCUT2D eigenvalue weighted by Gasteiger charge is 2.20. The van der Waals surface area contributed by atoms with Crippen molar-refractivity contribution in [2.75, 3.05) is 19.5 Å². The van der Waals surface area contributed by atoms with Crippen molar-refractivity contribution in [3.63, 3.8) is 0 Å². The Balaban J connectivity index is 2.32. The molecule has 0 spiro atoms. The first-order valence-corrected chi connectivity index (χ1v) is 6.02. The van der Waals surface area contributed by atoms with Crippen molar-refractivity contribution >= 4 is 5.82 Å². The topological polar surface area (TPSA) is 70.3 Å². The molecular weight excluding hydrogens is 218 g/mol. The summed E-state index contributed by atoms with van der Waals surface area (Å²) < 4.78 is 10.8. The van der Waals surface area contributed by atoms with Gasteiger partial charge in [-0.15, -0.1) is 0 Å². The minimum absolute atomic E-state index is 0.0598. The molecule has 5 nitrogen and oxygen atoms in total. The molecule has 2 heterocycles. The van der Waals surface area contributed by atoms with Crippen molar-refractivity contribution in [3.8, 4) is 0 Å². The van der Waals surface area contributed by atoms with Gasteiger partial charge in [-0.25, -0.2) is 9.97 Å². The Labute approximate surface area is 101 Å². The van der Waals surface area contributed by atoms with Gasteiger partial charge in [-0.1, -0.05) is 13.3 Å². The van der Waals surface area contributed by atoms with Crippen LogP contribution in [0.3, 0.4) is 0 Å². The van der Waals surface area contributed by atoms with Crippen LogP contribution < -0.4 is 5.73 Å². The molecule has 0 saturated carbocycles. The summed E-state index contributed by atoms with van der Waals surface area (Å²) in [6.07, 6.45) is 2.68. The molecule has 0 radical (unpaired) electrons. The Morgan fingerprint density at radius 2 is 2.29 bits per heavy atom. The van der Waals surface area contributed by atoms with Crippen LogP contribution in [-0.2, 0) is 22.5 Å². The summed E-state index contributed by atoms with van der Waals surface area (Å²) in [5, 5.41) is 0. The maximum Gasteiger partial charge on any atom is 0.159 e. The molecule has 17 heavy (non-hydrogen) atoms. The van der Waals surface area contributed by atoms with E-state index in [0.717, 1.165) is 30.5 Å². The summed E-state index contributed by atoms with van der Waals surface area (Å²) >= 11 is 0. The van der Waals surface area contributed by atoms with Gasteiger partial charge >= 0.3 is 0 Å². The lowest BCUT2D eigenvalue weighted by Gasteiger charge is -2.20. The monoisotopic (exact) mass is 237 g/mol. The van der Waals surface area contributed by atoms with Crippen molar-refractivity contribution in [2.24, 2.45) is 0 Å². The first-order valence-electron chi connectivity index (χ1n) is 6.02. The molecule has 0 bridgehead atoms. The largest absolute Gasteiger partial charge is 0.383 e. The number of nitrogen functional groups attached to an aromatic ring is 1. The lowest BCUT2D eigenvalue weighted by molar-refractivity contribution is 0.0851. The normalized spacial score (nSPS) is 16.6. The molecule has 2 N–H and O–H groups in total. The van der Waals surface area contributed by atoms with Gasteiger partial charge in [0.2, 0.25) is 0 Å². The molecule has 0 aromatic carbocycles. The lowest BCUT2D eigenvalue weighted by atomic mass is 10.1. The van der Waals surface area contributed by atoms with Crippen LogP contribution in [0.4, 0.5) is 5.82 Å². The average molecular weight is 237 g/mol. The summed E-state index contributed by atoms with van der Waals surface area (Å²) in [7, 11) is 1.68. The molecule has 0 amide bonds.